The SMILES string of the molecule is CCc1nc2cc(CNC3=NCCCN3C)ccc2n1C1CC1. The molecule has 1 aromatic heterocycles. The van der Waals surface area contributed by atoms with Crippen LogP contribution in [0.2, 0.25) is 0 Å². The van der Waals surface area contributed by atoms with Crippen molar-refractivity contribution in [3.63, 3.8) is 0 Å². The van der Waals surface area contributed by atoms with Gasteiger partial charge in [0.25, 0.3) is 0 Å². The maximum Gasteiger partial charge on any atom is 0.193 e. The molecule has 1 N–H and O–H groups in total. The zero-order chi connectivity index (χ0) is 15.8. The molecule has 2 heterocycles. The van der Waals surface area contributed by atoms with Gasteiger partial charge in [-0.05, 0) is 37.0 Å². The van der Waals surface area contributed by atoms with Crippen LogP contribution in [0.15, 0.2) is 23.2 Å². The standard InChI is InChI=1S/C18H25N5/c1-3-17-21-15-11-13(5-8-16(15)23(17)14-6-7-14)12-20-18-19-9-4-10-22(18)2/h5,8,11,14H,3-4,6-7,9-10,12H2,1-2H3,(H,19,20). The molecule has 0 atom stereocenters. The number of benzene rings is 1. The van der Waals surface area contributed by atoms with E-state index in [-0.39, 0.29) is 0 Å². The van der Waals surface area contributed by atoms with E-state index in [1.54, 1.807) is 0 Å². The molecule has 0 spiro atoms. The maximum atomic E-state index is 4.86. The van der Waals surface area contributed by atoms with Gasteiger partial charge in [-0.1, -0.05) is 13.0 Å². The average Bonchev–Trinajstić information content (AvgIpc) is 3.34. The highest BCUT2D eigenvalue weighted by Gasteiger charge is 2.27. The van der Waals surface area contributed by atoms with Gasteiger partial charge < -0.3 is 14.8 Å². The van der Waals surface area contributed by atoms with Crippen molar-refractivity contribution in [3.05, 3.63) is 29.6 Å². The van der Waals surface area contributed by atoms with Crippen LogP contribution in [0, 0.1) is 0 Å². The number of nitrogens with zero attached hydrogens (tertiary/aromatic N) is 4. The predicted molar refractivity (Wildman–Crippen MR) is 93.8 cm³/mol. The fraction of sp³-hybridized carbons (Fsp3) is 0.556. The highest BCUT2D eigenvalue weighted by Crippen LogP contribution is 2.38. The van der Waals surface area contributed by atoms with Crippen molar-refractivity contribution in [2.75, 3.05) is 20.1 Å². The quantitative estimate of drug-likeness (QED) is 0.944. The number of fused-ring (bicyclic) bond motifs is 1. The Hall–Kier alpha value is -2.04. The Morgan fingerprint density at radius 1 is 1.30 bits per heavy atom. The number of aromatic nitrogens is 2. The van der Waals surface area contributed by atoms with Crippen molar-refractivity contribution in [1.82, 2.24) is 19.8 Å². The van der Waals surface area contributed by atoms with Crippen molar-refractivity contribution in [3.8, 4) is 0 Å². The number of hydrogen-bond acceptors (Lipinski definition) is 4. The maximum absolute atomic E-state index is 4.86. The molecule has 1 aliphatic carbocycles. The third kappa shape index (κ3) is 2.80. The van der Waals surface area contributed by atoms with Crippen LogP contribution in [0.25, 0.3) is 11.0 Å². The van der Waals surface area contributed by atoms with Crippen LogP contribution in [0.5, 0.6) is 0 Å². The van der Waals surface area contributed by atoms with Crippen LogP contribution in [0.1, 0.15) is 43.6 Å². The Morgan fingerprint density at radius 3 is 2.91 bits per heavy atom. The van der Waals surface area contributed by atoms with Crippen molar-refractivity contribution < 1.29 is 0 Å². The Morgan fingerprint density at radius 2 is 2.17 bits per heavy atom. The fourth-order valence-electron chi connectivity index (χ4n) is 3.39. The minimum absolute atomic E-state index is 0.684. The summed E-state index contributed by atoms with van der Waals surface area (Å²) in [6, 6.07) is 7.37. The summed E-state index contributed by atoms with van der Waals surface area (Å²) in [6.07, 6.45) is 4.74. The zero-order valence-corrected chi connectivity index (χ0v) is 14.0. The summed E-state index contributed by atoms with van der Waals surface area (Å²) in [5.74, 6) is 2.23. The minimum atomic E-state index is 0.684. The number of guanidine groups is 1. The van der Waals surface area contributed by atoms with Crippen LogP contribution in [-0.2, 0) is 13.0 Å². The van der Waals surface area contributed by atoms with Gasteiger partial charge in [0.05, 0.1) is 11.0 Å². The predicted octanol–water partition coefficient (Wildman–Crippen LogP) is 2.71. The summed E-state index contributed by atoms with van der Waals surface area (Å²) in [4.78, 5) is 11.6. The summed E-state index contributed by atoms with van der Waals surface area (Å²) in [6.45, 7) is 5.00. The van der Waals surface area contributed by atoms with Gasteiger partial charge in [-0.15, -0.1) is 0 Å². The van der Waals surface area contributed by atoms with Crippen molar-refractivity contribution in [2.45, 2.75) is 45.2 Å². The molecule has 5 nitrogen and oxygen atoms in total. The van der Waals surface area contributed by atoms with E-state index in [4.69, 9.17) is 4.98 Å². The van der Waals surface area contributed by atoms with Gasteiger partial charge in [0.1, 0.15) is 5.82 Å². The van der Waals surface area contributed by atoms with E-state index < -0.39 is 0 Å². The first kappa shape index (κ1) is 14.5. The minimum Gasteiger partial charge on any atom is -0.352 e. The normalized spacial score (nSPS) is 18.3. The molecule has 0 radical (unpaired) electrons. The number of imidazole rings is 1. The van der Waals surface area contributed by atoms with Gasteiger partial charge in [0, 0.05) is 39.1 Å². The highest BCUT2D eigenvalue weighted by atomic mass is 15.3. The van der Waals surface area contributed by atoms with Crippen molar-refractivity contribution >= 4 is 17.0 Å². The van der Waals surface area contributed by atoms with Crippen molar-refractivity contribution in [2.24, 2.45) is 4.99 Å². The van der Waals surface area contributed by atoms with Gasteiger partial charge in [0.15, 0.2) is 5.96 Å². The van der Waals surface area contributed by atoms with Crippen LogP contribution >= 0.6 is 0 Å². The van der Waals surface area contributed by atoms with E-state index >= 15 is 0 Å². The van der Waals surface area contributed by atoms with Gasteiger partial charge in [0.2, 0.25) is 0 Å². The van der Waals surface area contributed by atoms with Gasteiger partial charge >= 0.3 is 0 Å². The summed E-state index contributed by atoms with van der Waals surface area (Å²) in [7, 11) is 2.10. The van der Waals surface area contributed by atoms with Crippen LogP contribution in [0.4, 0.5) is 0 Å². The van der Waals surface area contributed by atoms with E-state index in [9.17, 15) is 0 Å². The number of hydrogen-bond donors (Lipinski definition) is 1. The molecule has 0 unspecified atom stereocenters. The first-order valence-electron chi connectivity index (χ1n) is 8.75. The lowest BCUT2D eigenvalue weighted by atomic mass is 10.2. The van der Waals surface area contributed by atoms with E-state index in [0.717, 1.165) is 44.0 Å². The van der Waals surface area contributed by atoms with Gasteiger partial charge in [-0.2, -0.15) is 0 Å². The van der Waals surface area contributed by atoms with Crippen molar-refractivity contribution in [1.29, 1.82) is 0 Å². The Labute approximate surface area is 137 Å². The molecular formula is C18H25N5. The topological polar surface area (TPSA) is 45.5 Å². The highest BCUT2D eigenvalue weighted by molar-refractivity contribution is 5.81. The van der Waals surface area contributed by atoms with Crippen LogP contribution in [-0.4, -0.2) is 40.5 Å². The number of aliphatic imine (C=N–C) groups is 1. The molecule has 0 saturated heterocycles. The van der Waals surface area contributed by atoms with E-state index in [0.29, 0.717) is 6.04 Å². The smallest absolute Gasteiger partial charge is 0.193 e. The molecular weight excluding hydrogens is 286 g/mol. The average molecular weight is 311 g/mol. The molecule has 0 amide bonds. The second-order valence-corrected chi connectivity index (χ2v) is 6.64. The molecule has 1 saturated carbocycles. The molecule has 4 rings (SSSR count). The Balaban J connectivity index is 1.56. The molecule has 0 bridgehead atoms. The number of aryl methyl sites for hydroxylation is 1. The second-order valence-electron chi connectivity index (χ2n) is 6.64. The lowest BCUT2D eigenvalue weighted by Crippen LogP contribution is -2.41. The molecule has 122 valence electrons. The third-order valence-electron chi connectivity index (χ3n) is 4.78. The fourth-order valence-corrected chi connectivity index (χ4v) is 3.39. The number of nitrogens with one attached hydrogen (secondary N) is 1. The molecule has 2 aliphatic rings. The summed E-state index contributed by atoms with van der Waals surface area (Å²) in [5, 5.41) is 3.46. The monoisotopic (exact) mass is 311 g/mol. The zero-order valence-electron chi connectivity index (χ0n) is 14.0. The summed E-state index contributed by atoms with van der Waals surface area (Å²) >= 11 is 0. The first-order chi connectivity index (χ1) is 11.3. The molecule has 23 heavy (non-hydrogen) atoms. The van der Waals surface area contributed by atoms with Crippen LogP contribution in [0.3, 0.4) is 0 Å². The largest absolute Gasteiger partial charge is 0.352 e. The molecule has 1 fully saturated rings. The van der Waals surface area contributed by atoms with E-state index in [2.05, 4.69) is 51.9 Å². The molecule has 2 aromatic rings. The molecule has 1 aromatic carbocycles. The summed E-state index contributed by atoms with van der Waals surface area (Å²) in [5.41, 5.74) is 3.69. The molecule has 1 aliphatic heterocycles. The summed E-state index contributed by atoms with van der Waals surface area (Å²) < 4.78 is 2.45. The second kappa shape index (κ2) is 5.87. The lowest BCUT2D eigenvalue weighted by molar-refractivity contribution is 0.446. The lowest BCUT2D eigenvalue weighted by Gasteiger charge is -2.25. The third-order valence-corrected chi connectivity index (χ3v) is 4.78. The first-order valence-corrected chi connectivity index (χ1v) is 8.75. The van der Waals surface area contributed by atoms with E-state index in [1.807, 2.05) is 0 Å². The van der Waals surface area contributed by atoms with Gasteiger partial charge in [-0.25, -0.2) is 4.98 Å². The van der Waals surface area contributed by atoms with Crippen LogP contribution < -0.4 is 5.32 Å². The molecule has 5 heteroatoms. The van der Waals surface area contributed by atoms with Gasteiger partial charge in [-0.3, -0.25) is 4.99 Å². The van der Waals surface area contributed by atoms with E-state index in [1.165, 1.54) is 29.7 Å². The number of rotatable bonds is 4. The Bertz CT molecular complexity index is 741. The Kier molecular flexibility index (Phi) is 3.71.